The van der Waals surface area contributed by atoms with Crippen LogP contribution < -0.4 is 10.3 Å². The minimum absolute atomic E-state index is 0.0362. The van der Waals surface area contributed by atoms with Crippen LogP contribution in [0.15, 0.2) is 29.1 Å². The number of esters is 1. The summed E-state index contributed by atoms with van der Waals surface area (Å²) in [6.07, 6.45) is 0.340. The lowest BCUT2D eigenvalue weighted by Crippen LogP contribution is -2.18. The van der Waals surface area contributed by atoms with E-state index in [0.29, 0.717) is 29.0 Å². The van der Waals surface area contributed by atoms with Gasteiger partial charge in [0.25, 0.3) is 5.56 Å². The van der Waals surface area contributed by atoms with Crippen molar-refractivity contribution >= 4 is 11.8 Å². The van der Waals surface area contributed by atoms with E-state index < -0.39 is 11.5 Å². The van der Waals surface area contributed by atoms with E-state index in [0.717, 1.165) is 5.56 Å². The first-order chi connectivity index (χ1) is 12.9. The summed E-state index contributed by atoms with van der Waals surface area (Å²) in [5.41, 5.74) is 1.92. The predicted molar refractivity (Wildman–Crippen MR) is 97.9 cm³/mol. The number of nitrogens with zero attached hydrogens (tertiary/aromatic N) is 1. The van der Waals surface area contributed by atoms with Crippen LogP contribution in [0.5, 0.6) is 5.75 Å². The molecule has 7 heteroatoms. The van der Waals surface area contributed by atoms with Gasteiger partial charge >= 0.3 is 5.97 Å². The maximum Gasteiger partial charge on any atom is 0.306 e. The van der Waals surface area contributed by atoms with E-state index in [1.165, 1.54) is 7.11 Å². The first-order valence-corrected chi connectivity index (χ1v) is 8.32. The zero-order chi connectivity index (χ0) is 20.0. The Morgan fingerprint density at radius 2 is 1.85 bits per heavy atom. The molecule has 0 fully saturated rings. The SMILES string of the molecule is COc1ccc(C(=O)COC(=O)CCc2c(C)[nH]c(=O)c(C#N)c2C)cc1. The third kappa shape index (κ3) is 4.82. The summed E-state index contributed by atoms with van der Waals surface area (Å²) in [5.74, 6) is -0.207. The Kier molecular flexibility index (Phi) is 6.50. The average Bonchev–Trinajstić information content (AvgIpc) is 2.66. The second-order valence-electron chi connectivity index (χ2n) is 5.98. The highest BCUT2D eigenvalue weighted by molar-refractivity contribution is 5.98. The molecule has 140 valence electrons. The molecule has 0 saturated heterocycles. The number of methoxy groups -OCH3 is 1. The normalized spacial score (nSPS) is 10.1. The van der Waals surface area contributed by atoms with Gasteiger partial charge in [-0.2, -0.15) is 5.26 Å². The maximum atomic E-state index is 12.1. The quantitative estimate of drug-likeness (QED) is 0.593. The Morgan fingerprint density at radius 3 is 2.44 bits per heavy atom. The number of pyridine rings is 1. The summed E-state index contributed by atoms with van der Waals surface area (Å²) in [6.45, 7) is 3.04. The highest BCUT2D eigenvalue weighted by Crippen LogP contribution is 2.15. The van der Waals surface area contributed by atoms with E-state index in [4.69, 9.17) is 14.7 Å². The third-order valence-electron chi connectivity index (χ3n) is 4.28. The van der Waals surface area contributed by atoms with Crippen LogP contribution >= 0.6 is 0 Å². The molecule has 7 nitrogen and oxygen atoms in total. The molecule has 0 bridgehead atoms. The predicted octanol–water partition coefficient (Wildman–Crippen LogP) is 2.23. The lowest BCUT2D eigenvalue weighted by Gasteiger charge is -2.10. The Bertz CT molecular complexity index is 952. The van der Waals surface area contributed by atoms with Crippen molar-refractivity contribution in [3.63, 3.8) is 0 Å². The standard InChI is InChI=1S/C20H20N2O5/c1-12-16(13(2)22-20(25)17(12)10-21)8-9-19(24)27-11-18(23)14-4-6-15(26-3)7-5-14/h4-7H,8-9,11H2,1-3H3,(H,22,25). The number of carbonyl (C=O) groups is 2. The van der Waals surface area contributed by atoms with Gasteiger partial charge in [0.2, 0.25) is 0 Å². The molecule has 1 N–H and O–H groups in total. The van der Waals surface area contributed by atoms with E-state index in [2.05, 4.69) is 4.98 Å². The summed E-state index contributed by atoms with van der Waals surface area (Å²) in [6, 6.07) is 8.39. The van der Waals surface area contributed by atoms with Gasteiger partial charge in [-0.05, 0) is 55.7 Å². The maximum absolute atomic E-state index is 12.1. The first kappa shape index (κ1) is 19.9. The highest BCUT2D eigenvalue weighted by atomic mass is 16.5. The van der Waals surface area contributed by atoms with Crippen molar-refractivity contribution in [2.45, 2.75) is 26.7 Å². The molecular weight excluding hydrogens is 348 g/mol. The van der Waals surface area contributed by atoms with Gasteiger partial charge in [-0.15, -0.1) is 0 Å². The van der Waals surface area contributed by atoms with Crippen molar-refractivity contribution in [1.29, 1.82) is 5.26 Å². The van der Waals surface area contributed by atoms with Crippen LogP contribution in [0.3, 0.4) is 0 Å². The van der Waals surface area contributed by atoms with Crippen LogP contribution in [-0.2, 0) is 16.0 Å². The van der Waals surface area contributed by atoms with Gasteiger partial charge in [-0.25, -0.2) is 0 Å². The fourth-order valence-electron chi connectivity index (χ4n) is 2.73. The van der Waals surface area contributed by atoms with Gasteiger partial charge in [0, 0.05) is 17.7 Å². The number of H-pyrrole nitrogens is 1. The van der Waals surface area contributed by atoms with Crippen molar-refractivity contribution in [2.24, 2.45) is 0 Å². The smallest absolute Gasteiger partial charge is 0.306 e. The molecule has 0 atom stereocenters. The Labute approximate surface area is 156 Å². The van der Waals surface area contributed by atoms with E-state index in [1.807, 2.05) is 6.07 Å². The number of rotatable bonds is 7. The van der Waals surface area contributed by atoms with Gasteiger partial charge < -0.3 is 14.5 Å². The lowest BCUT2D eigenvalue weighted by atomic mass is 9.99. The van der Waals surface area contributed by atoms with E-state index in [9.17, 15) is 14.4 Å². The number of benzene rings is 1. The average molecular weight is 368 g/mol. The number of aromatic amines is 1. The molecule has 1 heterocycles. The van der Waals surface area contributed by atoms with Gasteiger partial charge in [-0.3, -0.25) is 14.4 Å². The fourth-order valence-corrected chi connectivity index (χ4v) is 2.73. The number of aryl methyl sites for hydroxylation is 1. The number of nitrogens with one attached hydrogen (secondary N) is 1. The minimum Gasteiger partial charge on any atom is -0.497 e. The number of hydrogen-bond acceptors (Lipinski definition) is 6. The molecule has 0 aliphatic carbocycles. The Balaban J connectivity index is 1.94. The summed E-state index contributed by atoms with van der Waals surface area (Å²) < 4.78 is 10.1. The number of aromatic nitrogens is 1. The second kappa shape index (κ2) is 8.81. The molecule has 27 heavy (non-hydrogen) atoms. The first-order valence-electron chi connectivity index (χ1n) is 8.32. The van der Waals surface area contributed by atoms with Gasteiger partial charge in [0.05, 0.1) is 7.11 Å². The molecule has 2 aromatic rings. The van der Waals surface area contributed by atoms with Crippen LogP contribution in [-0.4, -0.2) is 30.5 Å². The van der Waals surface area contributed by atoms with Crippen molar-refractivity contribution in [3.05, 3.63) is 62.6 Å². The van der Waals surface area contributed by atoms with Crippen LogP contribution in [0.4, 0.5) is 0 Å². The van der Waals surface area contributed by atoms with Crippen LogP contribution in [0, 0.1) is 25.2 Å². The number of carbonyl (C=O) groups excluding carboxylic acids is 2. The summed E-state index contributed by atoms with van der Waals surface area (Å²) in [5, 5.41) is 9.07. The van der Waals surface area contributed by atoms with Crippen molar-refractivity contribution in [3.8, 4) is 11.8 Å². The molecular formula is C20H20N2O5. The van der Waals surface area contributed by atoms with Crippen LogP contribution in [0.25, 0.3) is 0 Å². The minimum atomic E-state index is -0.527. The third-order valence-corrected chi connectivity index (χ3v) is 4.28. The molecule has 2 rings (SSSR count). The fraction of sp³-hybridized carbons (Fsp3) is 0.300. The molecule has 0 saturated carbocycles. The molecule has 0 unspecified atom stereocenters. The number of ether oxygens (including phenoxy) is 2. The second-order valence-corrected chi connectivity index (χ2v) is 5.98. The van der Waals surface area contributed by atoms with Crippen LogP contribution in [0.2, 0.25) is 0 Å². The number of hydrogen-bond donors (Lipinski definition) is 1. The summed E-state index contributed by atoms with van der Waals surface area (Å²) in [7, 11) is 1.53. The lowest BCUT2D eigenvalue weighted by molar-refractivity contribution is -0.142. The zero-order valence-electron chi connectivity index (χ0n) is 15.4. The van der Waals surface area contributed by atoms with Crippen LogP contribution in [0.1, 0.15) is 39.2 Å². The highest BCUT2D eigenvalue weighted by Gasteiger charge is 2.15. The molecule has 0 radical (unpaired) electrons. The Hall–Kier alpha value is -3.40. The summed E-state index contributed by atoms with van der Waals surface area (Å²) >= 11 is 0. The van der Waals surface area contributed by atoms with Crippen molar-refractivity contribution in [1.82, 2.24) is 4.98 Å². The van der Waals surface area contributed by atoms with E-state index in [1.54, 1.807) is 38.1 Å². The van der Waals surface area contributed by atoms with E-state index in [-0.39, 0.29) is 24.4 Å². The molecule has 0 aliphatic heterocycles. The summed E-state index contributed by atoms with van der Waals surface area (Å²) in [4.78, 5) is 38.4. The molecule has 0 aliphatic rings. The van der Waals surface area contributed by atoms with Crippen molar-refractivity contribution < 1.29 is 19.1 Å². The largest absolute Gasteiger partial charge is 0.497 e. The van der Waals surface area contributed by atoms with Crippen molar-refractivity contribution in [2.75, 3.05) is 13.7 Å². The number of ketones is 1. The molecule has 1 aromatic carbocycles. The molecule has 0 spiro atoms. The van der Waals surface area contributed by atoms with Gasteiger partial charge in [0.1, 0.15) is 17.4 Å². The van der Waals surface area contributed by atoms with E-state index >= 15 is 0 Å². The Morgan fingerprint density at radius 1 is 1.19 bits per heavy atom. The molecule has 1 aromatic heterocycles. The van der Waals surface area contributed by atoms with Gasteiger partial charge in [0.15, 0.2) is 12.4 Å². The number of nitriles is 1. The topological polar surface area (TPSA) is 109 Å². The zero-order valence-corrected chi connectivity index (χ0v) is 15.4. The molecule has 0 amide bonds. The van der Waals surface area contributed by atoms with Gasteiger partial charge in [-0.1, -0.05) is 0 Å². The monoisotopic (exact) mass is 368 g/mol. The number of Topliss-reactive ketones (excluding diaryl/α,β-unsaturated/α-hetero) is 1.